The van der Waals surface area contributed by atoms with Gasteiger partial charge < -0.3 is 20.5 Å². The van der Waals surface area contributed by atoms with E-state index in [9.17, 15) is 9.59 Å². The SMILES string of the molecule is COc1cc2c(OC[C@H]3NC(=O)C4C3[C@@H]4C)nccc2cc1C(N)=O. The predicted molar refractivity (Wildman–Crippen MR) is 90.4 cm³/mol. The van der Waals surface area contributed by atoms with Gasteiger partial charge in [0.2, 0.25) is 11.8 Å². The highest BCUT2D eigenvalue weighted by Crippen LogP contribution is 2.52. The normalized spacial score (nSPS) is 26.9. The number of aromatic nitrogens is 1. The Morgan fingerprint density at radius 3 is 2.84 bits per heavy atom. The van der Waals surface area contributed by atoms with E-state index in [1.165, 1.54) is 7.11 Å². The zero-order valence-electron chi connectivity index (χ0n) is 14.0. The summed E-state index contributed by atoms with van der Waals surface area (Å²) in [7, 11) is 1.48. The molecule has 2 amide bonds. The Morgan fingerprint density at radius 2 is 2.20 bits per heavy atom. The second-order valence-corrected chi connectivity index (χ2v) is 6.64. The van der Waals surface area contributed by atoms with Gasteiger partial charge in [0.1, 0.15) is 12.4 Å². The Bertz CT molecular complexity index is 882. The van der Waals surface area contributed by atoms with Gasteiger partial charge in [-0.2, -0.15) is 0 Å². The molecule has 2 aromatic rings. The summed E-state index contributed by atoms with van der Waals surface area (Å²) in [5.74, 6) is 1.28. The molecule has 1 aromatic heterocycles. The highest BCUT2D eigenvalue weighted by Gasteiger charge is 2.61. The van der Waals surface area contributed by atoms with Gasteiger partial charge in [-0.1, -0.05) is 6.92 Å². The molecule has 1 aliphatic carbocycles. The first kappa shape index (κ1) is 15.7. The largest absolute Gasteiger partial charge is 0.496 e. The number of nitrogens with two attached hydrogens (primary N) is 1. The third kappa shape index (κ3) is 2.47. The Hall–Kier alpha value is -2.83. The van der Waals surface area contributed by atoms with Crippen LogP contribution in [0, 0.1) is 17.8 Å². The molecule has 1 saturated heterocycles. The number of nitrogens with zero attached hydrogens (tertiary/aromatic N) is 1. The summed E-state index contributed by atoms with van der Waals surface area (Å²) in [4.78, 5) is 27.7. The Kier molecular flexibility index (Phi) is 3.52. The number of ether oxygens (including phenoxy) is 2. The molecule has 1 saturated carbocycles. The van der Waals surface area contributed by atoms with E-state index in [-0.39, 0.29) is 17.9 Å². The number of carbonyl (C=O) groups excluding carboxylic acids is 2. The fraction of sp³-hybridized carbons (Fsp3) is 0.389. The van der Waals surface area contributed by atoms with Crippen molar-refractivity contribution in [3.05, 3.63) is 30.0 Å². The highest BCUT2D eigenvalue weighted by molar-refractivity contribution is 6.01. The Morgan fingerprint density at radius 1 is 1.40 bits per heavy atom. The number of methoxy groups -OCH3 is 1. The molecule has 2 heterocycles. The number of benzene rings is 1. The number of hydrogen-bond donors (Lipinski definition) is 2. The number of carbonyl (C=O) groups is 2. The van der Waals surface area contributed by atoms with Crippen molar-refractivity contribution in [3.63, 3.8) is 0 Å². The van der Waals surface area contributed by atoms with E-state index in [4.69, 9.17) is 15.2 Å². The summed E-state index contributed by atoms with van der Waals surface area (Å²) in [6.45, 7) is 2.46. The van der Waals surface area contributed by atoms with Gasteiger partial charge in [-0.05, 0) is 35.4 Å². The van der Waals surface area contributed by atoms with Crippen molar-refractivity contribution >= 4 is 22.6 Å². The molecule has 3 N–H and O–H groups in total. The molecule has 1 aromatic carbocycles. The lowest BCUT2D eigenvalue weighted by atomic mass is 10.1. The summed E-state index contributed by atoms with van der Waals surface area (Å²) in [5.41, 5.74) is 5.71. The van der Waals surface area contributed by atoms with Crippen molar-refractivity contribution in [2.45, 2.75) is 13.0 Å². The minimum atomic E-state index is -0.555. The lowest BCUT2D eigenvalue weighted by Crippen LogP contribution is -2.36. The molecule has 2 aliphatic rings. The maximum atomic E-state index is 11.8. The zero-order chi connectivity index (χ0) is 17.7. The summed E-state index contributed by atoms with van der Waals surface area (Å²) in [6, 6.07) is 5.16. The van der Waals surface area contributed by atoms with E-state index < -0.39 is 5.91 Å². The summed E-state index contributed by atoms with van der Waals surface area (Å²) < 4.78 is 11.2. The van der Waals surface area contributed by atoms with Gasteiger partial charge >= 0.3 is 0 Å². The van der Waals surface area contributed by atoms with E-state index in [1.807, 2.05) is 0 Å². The van der Waals surface area contributed by atoms with Crippen molar-refractivity contribution in [1.82, 2.24) is 10.3 Å². The van der Waals surface area contributed by atoms with Crippen LogP contribution in [-0.2, 0) is 4.79 Å². The van der Waals surface area contributed by atoms with Gasteiger partial charge in [-0.15, -0.1) is 0 Å². The lowest BCUT2D eigenvalue weighted by molar-refractivity contribution is -0.121. The molecule has 7 heteroatoms. The zero-order valence-corrected chi connectivity index (χ0v) is 14.0. The number of piperidine rings is 1. The Balaban J connectivity index is 1.61. The molecule has 130 valence electrons. The van der Waals surface area contributed by atoms with Crippen LogP contribution in [0.4, 0.5) is 0 Å². The number of fused-ring (bicyclic) bond motifs is 2. The first-order valence-electron chi connectivity index (χ1n) is 8.21. The fourth-order valence-electron chi connectivity index (χ4n) is 3.87. The van der Waals surface area contributed by atoms with Crippen LogP contribution in [0.25, 0.3) is 10.8 Å². The number of amides is 2. The van der Waals surface area contributed by atoms with E-state index in [2.05, 4.69) is 17.2 Å². The average Bonchev–Trinajstić information content (AvgIpc) is 3.15. The standard InChI is InChI=1S/C18H19N3O4/c1-8-14-12(21-17(23)15(8)14)7-25-18-10-6-13(24-2)11(16(19)22)5-9(10)3-4-20-18/h3-6,8,12,14-15H,7H2,1-2H3,(H2,19,22)(H,21,23)/t8-,12+,14?,15?/m0/s1. The topological polar surface area (TPSA) is 104 Å². The number of nitrogens with one attached hydrogen (secondary N) is 1. The molecule has 0 spiro atoms. The molecular weight excluding hydrogens is 322 g/mol. The number of rotatable bonds is 5. The van der Waals surface area contributed by atoms with E-state index in [1.54, 1.807) is 24.4 Å². The first-order chi connectivity index (χ1) is 12.0. The molecular formula is C18H19N3O4. The molecule has 0 radical (unpaired) electrons. The summed E-state index contributed by atoms with van der Waals surface area (Å²) in [5, 5.41) is 4.49. The maximum absolute atomic E-state index is 11.8. The van der Waals surface area contributed by atoms with E-state index in [0.29, 0.717) is 35.6 Å². The third-order valence-corrected chi connectivity index (χ3v) is 5.26. The minimum absolute atomic E-state index is 0.0105. The average molecular weight is 341 g/mol. The summed E-state index contributed by atoms with van der Waals surface area (Å²) >= 11 is 0. The molecule has 2 fully saturated rings. The Labute approximate surface area is 144 Å². The second kappa shape index (κ2) is 5.61. The van der Waals surface area contributed by atoms with E-state index >= 15 is 0 Å². The second-order valence-electron chi connectivity index (χ2n) is 6.64. The van der Waals surface area contributed by atoms with Gasteiger partial charge in [0, 0.05) is 17.5 Å². The van der Waals surface area contributed by atoms with Crippen molar-refractivity contribution < 1.29 is 19.1 Å². The number of primary amides is 1. The van der Waals surface area contributed by atoms with Crippen molar-refractivity contribution in [2.24, 2.45) is 23.5 Å². The van der Waals surface area contributed by atoms with Gasteiger partial charge in [0.25, 0.3) is 5.91 Å². The molecule has 4 atom stereocenters. The van der Waals surface area contributed by atoms with Crippen LogP contribution in [0.15, 0.2) is 24.4 Å². The predicted octanol–water partition coefficient (Wildman–Crippen LogP) is 1.10. The quantitative estimate of drug-likeness (QED) is 0.848. The molecule has 1 aliphatic heterocycles. The fourth-order valence-corrected chi connectivity index (χ4v) is 3.87. The van der Waals surface area contributed by atoms with Crippen molar-refractivity contribution in [1.29, 1.82) is 0 Å². The van der Waals surface area contributed by atoms with E-state index in [0.717, 1.165) is 10.8 Å². The van der Waals surface area contributed by atoms with Crippen molar-refractivity contribution in [2.75, 3.05) is 13.7 Å². The monoisotopic (exact) mass is 341 g/mol. The van der Waals surface area contributed by atoms with Gasteiger partial charge in [-0.3, -0.25) is 9.59 Å². The number of pyridine rings is 1. The number of hydrogen-bond acceptors (Lipinski definition) is 5. The molecule has 25 heavy (non-hydrogen) atoms. The maximum Gasteiger partial charge on any atom is 0.252 e. The lowest BCUT2D eigenvalue weighted by Gasteiger charge is -2.16. The first-order valence-corrected chi connectivity index (χ1v) is 8.21. The third-order valence-electron chi connectivity index (χ3n) is 5.26. The van der Waals surface area contributed by atoms with Gasteiger partial charge in [-0.25, -0.2) is 4.98 Å². The van der Waals surface area contributed by atoms with Crippen LogP contribution < -0.4 is 20.5 Å². The van der Waals surface area contributed by atoms with Crippen molar-refractivity contribution in [3.8, 4) is 11.6 Å². The van der Waals surface area contributed by atoms with Crippen LogP contribution in [0.3, 0.4) is 0 Å². The molecule has 4 rings (SSSR count). The highest BCUT2D eigenvalue weighted by atomic mass is 16.5. The smallest absolute Gasteiger partial charge is 0.252 e. The summed E-state index contributed by atoms with van der Waals surface area (Å²) in [6.07, 6.45) is 1.62. The minimum Gasteiger partial charge on any atom is -0.496 e. The van der Waals surface area contributed by atoms with Crippen LogP contribution in [0.1, 0.15) is 17.3 Å². The molecule has 2 unspecified atom stereocenters. The molecule has 7 nitrogen and oxygen atoms in total. The van der Waals surface area contributed by atoms with Gasteiger partial charge in [0.15, 0.2) is 0 Å². The van der Waals surface area contributed by atoms with Crippen LogP contribution in [-0.4, -0.2) is 36.6 Å². The molecule has 0 bridgehead atoms. The van der Waals surface area contributed by atoms with Crippen LogP contribution in [0.5, 0.6) is 11.6 Å². The van der Waals surface area contributed by atoms with Gasteiger partial charge in [0.05, 0.1) is 18.7 Å². The van der Waals surface area contributed by atoms with Crippen LogP contribution in [0.2, 0.25) is 0 Å². The van der Waals surface area contributed by atoms with Crippen LogP contribution >= 0.6 is 0 Å².